The summed E-state index contributed by atoms with van der Waals surface area (Å²) in [6, 6.07) is 0. The lowest BCUT2D eigenvalue weighted by Gasteiger charge is -1.70. The van der Waals surface area contributed by atoms with Crippen molar-refractivity contribution in [1.82, 2.24) is 0 Å². The standard InChI is InChI=1S/C3H3ClO2S/c1-2-3-7(4,5)6/h3H,1H2. The summed E-state index contributed by atoms with van der Waals surface area (Å²) in [5.41, 5.74) is 2.01. The monoisotopic (exact) mass is 138 g/mol. The topological polar surface area (TPSA) is 34.1 Å². The second kappa shape index (κ2) is 2.17. The fourth-order valence-corrected chi connectivity index (χ4v) is 0.488. The minimum absolute atomic E-state index is 0.689. The van der Waals surface area contributed by atoms with E-state index in [4.69, 9.17) is 0 Å². The summed E-state index contributed by atoms with van der Waals surface area (Å²) >= 11 is 0. The third kappa shape index (κ3) is 5.76. The van der Waals surface area contributed by atoms with Crippen molar-refractivity contribution in [1.29, 1.82) is 0 Å². The summed E-state index contributed by atoms with van der Waals surface area (Å²) in [4.78, 5) is 0. The van der Waals surface area contributed by atoms with Crippen LogP contribution in [0.5, 0.6) is 0 Å². The fourth-order valence-electron chi connectivity index (χ4n) is 0.0995. The average Bonchev–Trinajstić information content (AvgIpc) is 1.30. The van der Waals surface area contributed by atoms with Crippen molar-refractivity contribution in [2.45, 2.75) is 0 Å². The third-order valence-electron chi connectivity index (χ3n) is 0.224. The van der Waals surface area contributed by atoms with Gasteiger partial charge in [0.2, 0.25) is 0 Å². The van der Waals surface area contributed by atoms with E-state index in [1.807, 2.05) is 5.73 Å². The van der Waals surface area contributed by atoms with Gasteiger partial charge in [0.25, 0.3) is 9.05 Å². The molecule has 0 unspecified atom stereocenters. The summed E-state index contributed by atoms with van der Waals surface area (Å²) in [6.07, 6.45) is 0. The molecule has 40 valence electrons. The number of halogens is 1. The molecular weight excluding hydrogens is 136 g/mol. The van der Waals surface area contributed by atoms with Gasteiger partial charge < -0.3 is 0 Å². The lowest BCUT2D eigenvalue weighted by atomic mass is 11.0. The van der Waals surface area contributed by atoms with E-state index in [2.05, 4.69) is 17.3 Å². The van der Waals surface area contributed by atoms with Crippen LogP contribution in [0.15, 0.2) is 17.7 Å². The second-order valence-electron chi connectivity index (χ2n) is 0.798. The molecule has 0 aliphatic carbocycles. The summed E-state index contributed by atoms with van der Waals surface area (Å²) < 4.78 is 19.7. The molecule has 0 N–H and O–H groups in total. The molecule has 0 amide bonds. The highest BCUT2D eigenvalue weighted by molar-refractivity contribution is 8.16. The van der Waals surface area contributed by atoms with Crippen LogP contribution in [-0.4, -0.2) is 8.42 Å². The van der Waals surface area contributed by atoms with Crippen molar-refractivity contribution in [3.8, 4) is 0 Å². The molecule has 0 aliphatic rings. The van der Waals surface area contributed by atoms with Gasteiger partial charge in [-0.15, -0.1) is 5.73 Å². The minimum atomic E-state index is -3.50. The molecule has 0 bridgehead atoms. The molecular formula is C3H3ClO2S. The molecule has 0 spiro atoms. The molecule has 0 rings (SSSR count). The molecule has 0 radical (unpaired) electrons. The summed E-state index contributed by atoms with van der Waals surface area (Å²) in [5.74, 6) is 0. The van der Waals surface area contributed by atoms with Gasteiger partial charge in [0.1, 0.15) is 0 Å². The van der Waals surface area contributed by atoms with Gasteiger partial charge >= 0.3 is 0 Å². The summed E-state index contributed by atoms with van der Waals surface area (Å²) in [7, 11) is 1.15. The summed E-state index contributed by atoms with van der Waals surface area (Å²) in [6.45, 7) is 3.00. The minimum Gasteiger partial charge on any atom is -0.207 e. The van der Waals surface area contributed by atoms with E-state index in [1.54, 1.807) is 0 Å². The van der Waals surface area contributed by atoms with E-state index < -0.39 is 9.05 Å². The van der Waals surface area contributed by atoms with Crippen molar-refractivity contribution in [3.05, 3.63) is 17.7 Å². The average molecular weight is 139 g/mol. The smallest absolute Gasteiger partial charge is 0.207 e. The maximum absolute atomic E-state index is 9.84. The first-order valence-electron chi connectivity index (χ1n) is 1.37. The number of hydrogen-bond donors (Lipinski definition) is 0. The number of rotatable bonds is 1. The van der Waals surface area contributed by atoms with Crippen LogP contribution in [-0.2, 0) is 9.05 Å². The molecule has 0 aromatic heterocycles. The first-order chi connectivity index (χ1) is 3.06. The zero-order chi connectivity index (χ0) is 5.91. The third-order valence-corrected chi connectivity index (χ3v) is 0.940. The van der Waals surface area contributed by atoms with Gasteiger partial charge in [-0.3, -0.25) is 0 Å². The van der Waals surface area contributed by atoms with Crippen LogP contribution in [0.4, 0.5) is 0 Å². The van der Waals surface area contributed by atoms with Gasteiger partial charge in [0, 0.05) is 10.7 Å². The fraction of sp³-hybridized carbons (Fsp3) is 0. The van der Waals surface area contributed by atoms with Crippen molar-refractivity contribution in [3.63, 3.8) is 0 Å². The quantitative estimate of drug-likeness (QED) is 0.398. The highest BCUT2D eigenvalue weighted by Gasteiger charge is 1.91. The molecule has 2 nitrogen and oxygen atoms in total. The summed E-state index contributed by atoms with van der Waals surface area (Å²) in [5, 5.41) is 0.689. The SMILES string of the molecule is C=C=CS(=O)(=O)Cl. The van der Waals surface area contributed by atoms with E-state index >= 15 is 0 Å². The zero-order valence-electron chi connectivity index (χ0n) is 3.39. The highest BCUT2D eigenvalue weighted by Crippen LogP contribution is 1.94. The van der Waals surface area contributed by atoms with E-state index in [0.29, 0.717) is 5.41 Å². The first-order valence-corrected chi connectivity index (χ1v) is 3.74. The molecule has 0 saturated heterocycles. The number of hydrogen-bond acceptors (Lipinski definition) is 2. The lowest BCUT2D eigenvalue weighted by molar-refractivity contribution is 0.617. The predicted octanol–water partition coefficient (Wildman–Crippen LogP) is 0.854. The Labute approximate surface area is 46.5 Å². The Bertz CT molecular complexity index is 185. The molecule has 0 fully saturated rings. The van der Waals surface area contributed by atoms with E-state index in [1.165, 1.54) is 0 Å². The van der Waals surface area contributed by atoms with Crippen LogP contribution < -0.4 is 0 Å². The molecule has 0 heterocycles. The predicted molar refractivity (Wildman–Crippen MR) is 28.5 cm³/mol. The zero-order valence-corrected chi connectivity index (χ0v) is 4.96. The maximum atomic E-state index is 9.84. The van der Waals surface area contributed by atoms with Gasteiger partial charge in [0.15, 0.2) is 0 Å². The Morgan fingerprint density at radius 1 is 1.71 bits per heavy atom. The van der Waals surface area contributed by atoms with Crippen LogP contribution in [0.3, 0.4) is 0 Å². The Balaban J connectivity index is 4.44. The Morgan fingerprint density at radius 2 is 2.14 bits per heavy atom. The van der Waals surface area contributed by atoms with Gasteiger partial charge in [-0.25, -0.2) is 8.42 Å². The molecule has 4 heteroatoms. The van der Waals surface area contributed by atoms with Gasteiger partial charge in [-0.1, -0.05) is 6.58 Å². The normalized spacial score (nSPS) is 9.86. The van der Waals surface area contributed by atoms with Crippen LogP contribution in [0.1, 0.15) is 0 Å². The van der Waals surface area contributed by atoms with Crippen LogP contribution in [0.2, 0.25) is 0 Å². The molecule has 0 aliphatic heterocycles. The Morgan fingerprint density at radius 3 is 2.14 bits per heavy atom. The molecule has 0 aromatic rings. The van der Waals surface area contributed by atoms with Gasteiger partial charge in [0.05, 0.1) is 5.41 Å². The molecule has 0 saturated carbocycles. The van der Waals surface area contributed by atoms with E-state index in [-0.39, 0.29) is 0 Å². The largest absolute Gasteiger partial charge is 0.261 e. The van der Waals surface area contributed by atoms with Crippen LogP contribution in [0.25, 0.3) is 0 Å². The second-order valence-corrected chi connectivity index (χ2v) is 3.27. The van der Waals surface area contributed by atoms with Gasteiger partial charge in [-0.05, 0) is 0 Å². The van der Waals surface area contributed by atoms with E-state index in [0.717, 1.165) is 0 Å². The van der Waals surface area contributed by atoms with Crippen LogP contribution >= 0.6 is 10.7 Å². The molecule has 0 aromatic carbocycles. The van der Waals surface area contributed by atoms with Crippen molar-refractivity contribution >= 4 is 19.7 Å². The molecule has 7 heavy (non-hydrogen) atoms. The van der Waals surface area contributed by atoms with Gasteiger partial charge in [-0.2, -0.15) is 0 Å². The van der Waals surface area contributed by atoms with Crippen molar-refractivity contribution in [2.75, 3.05) is 0 Å². The van der Waals surface area contributed by atoms with Crippen molar-refractivity contribution in [2.24, 2.45) is 0 Å². The van der Waals surface area contributed by atoms with Crippen LogP contribution in [0, 0.1) is 0 Å². The first kappa shape index (κ1) is 6.76. The Hall–Kier alpha value is -0.240. The Kier molecular flexibility index (Phi) is 2.09. The highest BCUT2D eigenvalue weighted by atomic mass is 35.7. The van der Waals surface area contributed by atoms with Crippen molar-refractivity contribution < 1.29 is 8.42 Å². The lowest BCUT2D eigenvalue weighted by Crippen LogP contribution is -1.75. The molecule has 0 atom stereocenters. The van der Waals surface area contributed by atoms with E-state index in [9.17, 15) is 8.42 Å². The maximum Gasteiger partial charge on any atom is 0.261 e.